The van der Waals surface area contributed by atoms with Crippen molar-refractivity contribution in [1.29, 1.82) is 0 Å². The summed E-state index contributed by atoms with van der Waals surface area (Å²) in [5.74, 6) is 0.458. The lowest BCUT2D eigenvalue weighted by Gasteiger charge is -2.10. The number of hydrogen-bond acceptors (Lipinski definition) is 4. The van der Waals surface area contributed by atoms with Crippen molar-refractivity contribution < 1.29 is 0 Å². The highest BCUT2D eigenvalue weighted by atomic mass is 79.9. The summed E-state index contributed by atoms with van der Waals surface area (Å²) in [6.07, 6.45) is 5.03. The summed E-state index contributed by atoms with van der Waals surface area (Å²) in [5.41, 5.74) is 4.64. The summed E-state index contributed by atoms with van der Waals surface area (Å²) in [4.78, 5) is 13.0. The highest BCUT2D eigenvalue weighted by Gasteiger charge is 2.10. The topological polar surface area (TPSA) is 50.7 Å². The van der Waals surface area contributed by atoms with E-state index in [0.29, 0.717) is 16.7 Å². The predicted molar refractivity (Wildman–Crippen MR) is 113 cm³/mol. The molecule has 2 heterocycles. The van der Waals surface area contributed by atoms with E-state index in [2.05, 4.69) is 60.5 Å². The van der Waals surface area contributed by atoms with E-state index in [-0.39, 0.29) is 0 Å². The van der Waals surface area contributed by atoms with Crippen molar-refractivity contribution in [1.82, 2.24) is 15.0 Å². The van der Waals surface area contributed by atoms with Gasteiger partial charge in [-0.05, 0) is 39.2 Å². The minimum absolute atomic E-state index is 0.458. The molecule has 132 valence electrons. The Balaban J connectivity index is 1.70. The zero-order valence-electron chi connectivity index (χ0n) is 14.1. The summed E-state index contributed by atoms with van der Waals surface area (Å²) < 4.78 is 0.872. The molecule has 0 bridgehead atoms. The fourth-order valence-corrected chi connectivity index (χ4v) is 3.28. The molecule has 6 heteroatoms. The zero-order chi connectivity index (χ0) is 18.6. The number of nitrogens with one attached hydrogen (secondary N) is 1. The Labute approximate surface area is 170 Å². The van der Waals surface area contributed by atoms with Crippen molar-refractivity contribution in [3.05, 3.63) is 88.7 Å². The lowest BCUT2D eigenvalue weighted by molar-refractivity contribution is 1.16. The molecule has 2 aromatic carbocycles. The van der Waals surface area contributed by atoms with E-state index in [9.17, 15) is 0 Å². The molecule has 0 unspecified atom stereocenters. The molecule has 0 saturated carbocycles. The van der Waals surface area contributed by atoms with Crippen molar-refractivity contribution in [3.8, 4) is 22.4 Å². The van der Waals surface area contributed by atoms with Gasteiger partial charge >= 0.3 is 0 Å². The molecule has 4 nitrogen and oxygen atoms in total. The van der Waals surface area contributed by atoms with Crippen molar-refractivity contribution in [2.75, 3.05) is 5.32 Å². The van der Waals surface area contributed by atoms with Crippen LogP contribution in [0.15, 0.2) is 83.7 Å². The second-order valence-electron chi connectivity index (χ2n) is 5.85. The molecule has 0 atom stereocenters. The molecule has 0 aliphatic carbocycles. The van der Waals surface area contributed by atoms with Crippen LogP contribution in [0, 0.1) is 0 Å². The number of halogens is 2. The highest BCUT2D eigenvalue weighted by molar-refractivity contribution is 9.10. The number of rotatable bonds is 4. The molecule has 0 spiro atoms. The molecule has 0 radical (unpaired) electrons. The number of pyridine rings is 1. The SMILES string of the molecule is Clc1cnc(Nc2cncc(Br)c2)nc1-c1cccc(-c2ccccc2)c1. The maximum Gasteiger partial charge on any atom is 0.227 e. The Hall–Kier alpha value is -2.76. The molecule has 4 aromatic rings. The van der Waals surface area contributed by atoms with Crippen LogP contribution in [-0.4, -0.2) is 15.0 Å². The van der Waals surface area contributed by atoms with Crippen LogP contribution >= 0.6 is 27.5 Å². The third-order valence-corrected chi connectivity index (χ3v) is 4.66. The molecule has 0 aliphatic rings. The van der Waals surface area contributed by atoms with Crippen LogP contribution in [0.2, 0.25) is 5.02 Å². The Bertz CT molecular complexity index is 1090. The van der Waals surface area contributed by atoms with Gasteiger partial charge in [0.2, 0.25) is 5.95 Å². The summed E-state index contributed by atoms with van der Waals surface area (Å²) in [7, 11) is 0. The molecule has 2 aromatic heterocycles. The van der Waals surface area contributed by atoms with E-state index in [1.807, 2.05) is 36.4 Å². The van der Waals surface area contributed by atoms with Crippen LogP contribution in [0.5, 0.6) is 0 Å². The van der Waals surface area contributed by atoms with Gasteiger partial charge in [-0.2, -0.15) is 0 Å². The number of benzene rings is 2. The predicted octanol–water partition coefficient (Wildman–Crippen LogP) is 6.37. The largest absolute Gasteiger partial charge is 0.323 e. The van der Waals surface area contributed by atoms with E-state index in [1.165, 1.54) is 0 Å². The van der Waals surface area contributed by atoms with Gasteiger partial charge < -0.3 is 5.32 Å². The first-order valence-electron chi connectivity index (χ1n) is 8.25. The third-order valence-electron chi connectivity index (χ3n) is 3.95. The first-order chi connectivity index (χ1) is 13.2. The Morgan fingerprint density at radius 3 is 2.41 bits per heavy atom. The number of aromatic nitrogens is 3. The molecular weight excluding hydrogens is 424 g/mol. The summed E-state index contributed by atoms with van der Waals surface area (Å²) in [5, 5.41) is 3.65. The second kappa shape index (κ2) is 7.86. The molecule has 1 N–H and O–H groups in total. The monoisotopic (exact) mass is 436 g/mol. The minimum Gasteiger partial charge on any atom is -0.323 e. The van der Waals surface area contributed by atoms with Crippen LogP contribution in [0.1, 0.15) is 0 Å². The lowest BCUT2D eigenvalue weighted by Crippen LogP contribution is -1.99. The molecule has 0 aliphatic heterocycles. The maximum atomic E-state index is 6.38. The van der Waals surface area contributed by atoms with E-state index in [1.54, 1.807) is 18.6 Å². The lowest BCUT2D eigenvalue weighted by atomic mass is 10.0. The van der Waals surface area contributed by atoms with Crippen LogP contribution in [0.3, 0.4) is 0 Å². The van der Waals surface area contributed by atoms with Crippen molar-refractivity contribution >= 4 is 39.2 Å². The Kier molecular flexibility index (Phi) is 5.14. The van der Waals surface area contributed by atoms with Crippen molar-refractivity contribution in [3.63, 3.8) is 0 Å². The van der Waals surface area contributed by atoms with Crippen LogP contribution in [-0.2, 0) is 0 Å². The van der Waals surface area contributed by atoms with Crippen LogP contribution in [0.25, 0.3) is 22.4 Å². The van der Waals surface area contributed by atoms with Gasteiger partial charge in [-0.25, -0.2) is 9.97 Å². The number of hydrogen-bond donors (Lipinski definition) is 1. The van der Waals surface area contributed by atoms with E-state index >= 15 is 0 Å². The summed E-state index contributed by atoms with van der Waals surface area (Å²) in [6.45, 7) is 0. The quantitative estimate of drug-likeness (QED) is 0.403. The summed E-state index contributed by atoms with van der Waals surface area (Å²) in [6, 6.07) is 20.2. The Morgan fingerprint density at radius 2 is 1.59 bits per heavy atom. The van der Waals surface area contributed by atoms with Gasteiger partial charge in [0.05, 0.1) is 28.8 Å². The fraction of sp³-hybridized carbons (Fsp3) is 0. The van der Waals surface area contributed by atoms with Crippen LogP contribution in [0.4, 0.5) is 11.6 Å². The number of nitrogens with zero attached hydrogens (tertiary/aromatic N) is 3. The smallest absolute Gasteiger partial charge is 0.227 e. The van der Waals surface area contributed by atoms with E-state index < -0.39 is 0 Å². The molecular formula is C21H14BrClN4. The van der Waals surface area contributed by atoms with Gasteiger partial charge in [-0.15, -0.1) is 0 Å². The van der Waals surface area contributed by atoms with E-state index in [0.717, 1.165) is 26.9 Å². The van der Waals surface area contributed by atoms with Crippen molar-refractivity contribution in [2.45, 2.75) is 0 Å². The molecule has 0 amide bonds. The van der Waals surface area contributed by atoms with Gasteiger partial charge in [0, 0.05) is 16.2 Å². The Morgan fingerprint density at radius 1 is 0.815 bits per heavy atom. The van der Waals surface area contributed by atoms with Gasteiger partial charge in [-0.1, -0.05) is 60.1 Å². The van der Waals surface area contributed by atoms with Gasteiger partial charge in [0.1, 0.15) is 0 Å². The van der Waals surface area contributed by atoms with Gasteiger partial charge in [0.15, 0.2) is 0 Å². The average Bonchev–Trinajstić information content (AvgIpc) is 2.70. The average molecular weight is 438 g/mol. The zero-order valence-corrected chi connectivity index (χ0v) is 16.4. The molecule has 0 fully saturated rings. The van der Waals surface area contributed by atoms with E-state index in [4.69, 9.17) is 11.6 Å². The van der Waals surface area contributed by atoms with Gasteiger partial charge in [0.25, 0.3) is 0 Å². The fourth-order valence-electron chi connectivity index (χ4n) is 2.72. The van der Waals surface area contributed by atoms with Crippen LogP contribution < -0.4 is 5.32 Å². The third kappa shape index (κ3) is 4.15. The molecule has 27 heavy (non-hydrogen) atoms. The standard InChI is InChI=1S/C21H14BrClN4/c22-17-10-18(12-24-11-17)26-21-25-13-19(23)20(27-21)16-8-4-7-15(9-16)14-5-2-1-3-6-14/h1-13H,(H,25,26,27). The molecule has 4 rings (SSSR count). The minimum atomic E-state index is 0.458. The summed E-state index contributed by atoms with van der Waals surface area (Å²) >= 11 is 9.79. The normalized spacial score (nSPS) is 10.6. The first-order valence-corrected chi connectivity index (χ1v) is 9.42. The number of anilines is 2. The first kappa shape index (κ1) is 17.6. The van der Waals surface area contributed by atoms with Crippen molar-refractivity contribution in [2.24, 2.45) is 0 Å². The van der Waals surface area contributed by atoms with Gasteiger partial charge in [-0.3, -0.25) is 4.98 Å². The molecule has 0 saturated heterocycles. The second-order valence-corrected chi connectivity index (χ2v) is 7.18. The highest BCUT2D eigenvalue weighted by Crippen LogP contribution is 2.30. The maximum absolute atomic E-state index is 6.38.